The summed E-state index contributed by atoms with van der Waals surface area (Å²) in [7, 11) is 0. The second-order valence-electron chi connectivity index (χ2n) is 5.19. The summed E-state index contributed by atoms with van der Waals surface area (Å²) < 4.78 is 0. The molecule has 10 nitrogen and oxygen atoms in total. The molecule has 2 rings (SSSR count). The van der Waals surface area contributed by atoms with Gasteiger partial charge in [0.05, 0.1) is 25.0 Å². The second-order valence-corrected chi connectivity index (χ2v) is 5.19. The van der Waals surface area contributed by atoms with Crippen molar-refractivity contribution in [2.45, 2.75) is 37.8 Å². The summed E-state index contributed by atoms with van der Waals surface area (Å²) in [6, 6.07) is -0.509. The van der Waals surface area contributed by atoms with E-state index in [1.165, 1.54) is 0 Å². The van der Waals surface area contributed by atoms with Crippen LogP contribution in [0.3, 0.4) is 0 Å². The molecule has 0 aliphatic carbocycles. The summed E-state index contributed by atoms with van der Waals surface area (Å²) in [4.78, 5) is 39.2. The minimum Gasteiger partial charge on any atom is -0.544 e. The Bertz CT molecular complexity index is 423. The molecule has 0 saturated carbocycles. The summed E-state index contributed by atoms with van der Waals surface area (Å²) in [5, 5.41) is 39.4. The van der Waals surface area contributed by atoms with Gasteiger partial charge in [-0.2, -0.15) is 0 Å². The molecule has 2 aliphatic heterocycles. The van der Waals surface area contributed by atoms with E-state index in [2.05, 4.69) is 0 Å². The van der Waals surface area contributed by atoms with Crippen molar-refractivity contribution in [1.82, 2.24) is 0 Å². The number of hydrogen-bond acceptors (Lipinski definition) is 6. The van der Waals surface area contributed by atoms with Crippen molar-refractivity contribution in [2.24, 2.45) is 0 Å². The number of aliphatic carboxylic acids is 4. The number of carbonyl (C=O) groups is 4. The van der Waals surface area contributed by atoms with E-state index in [4.69, 9.17) is 10.2 Å². The van der Waals surface area contributed by atoms with Crippen molar-refractivity contribution in [3.8, 4) is 0 Å². The van der Waals surface area contributed by atoms with E-state index in [-0.39, 0.29) is 12.1 Å². The van der Waals surface area contributed by atoms with Crippen molar-refractivity contribution in [1.29, 1.82) is 0 Å². The van der Waals surface area contributed by atoms with Gasteiger partial charge in [0, 0.05) is 37.8 Å². The number of hydrogen-bond donors (Lipinski definition) is 4. The summed E-state index contributed by atoms with van der Waals surface area (Å²) in [5.41, 5.74) is 0. The minimum absolute atomic E-state index is 0.255. The zero-order chi connectivity index (χ0) is 18.5. The maximum Gasteiger partial charge on any atom is 0.328 e. The van der Waals surface area contributed by atoms with E-state index in [1.54, 1.807) is 0 Å². The van der Waals surface area contributed by atoms with Crippen LogP contribution < -0.4 is 20.8 Å². The Kier molecular flexibility index (Phi) is 10.8. The zero-order valence-electron chi connectivity index (χ0n) is 13.1. The van der Waals surface area contributed by atoms with Gasteiger partial charge in [-0.05, 0) is 0 Å². The van der Waals surface area contributed by atoms with Crippen LogP contribution in [0.15, 0.2) is 12.2 Å². The lowest BCUT2D eigenvalue weighted by Crippen LogP contribution is -2.89. The third kappa shape index (κ3) is 11.2. The number of rotatable bonds is 4. The first-order valence-electron chi connectivity index (χ1n) is 7.46. The Morgan fingerprint density at radius 1 is 0.792 bits per heavy atom. The molecule has 0 spiro atoms. The van der Waals surface area contributed by atoms with Crippen molar-refractivity contribution in [3.05, 3.63) is 12.2 Å². The average molecular weight is 346 g/mol. The standard InChI is InChI=1S/2C5H9NO2.C4H4O4/c2*7-5(8)4-2-1-3-6-4;5-3(6)1-2-4(7)8/h2*4,6H,1-3H2,(H,7,8);1-2H,(H,5,6)(H,7,8)/b;;2-1+/t2*4-;/m00./s1. The minimum atomic E-state index is -1.26. The van der Waals surface area contributed by atoms with E-state index in [1.807, 2.05) is 10.6 Å². The Morgan fingerprint density at radius 3 is 1.25 bits per heavy atom. The maximum absolute atomic E-state index is 10.1. The molecule has 2 atom stereocenters. The fourth-order valence-electron chi connectivity index (χ4n) is 2.12. The highest BCUT2D eigenvalue weighted by Crippen LogP contribution is 1.94. The Morgan fingerprint density at radius 2 is 1.12 bits per heavy atom. The number of carbonyl (C=O) groups excluding carboxylic acids is 2. The van der Waals surface area contributed by atoms with Crippen molar-refractivity contribution < 1.29 is 50.2 Å². The molecule has 0 aromatic rings. The van der Waals surface area contributed by atoms with Crippen LogP contribution in [0.4, 0.5) is 0 Å². The molecule has 0 amide bonds. The van der Waals surface area contributed by atoms with Gasteiger partial charge >= 0.3 is 11.9 Å². The zero-order valence-corrected chi connectivity index (χ0v) is 13.1. The summed E-state index contributed by atoms with van der Waals surface area (Å²) >= 11 is 0. The van der Waals surface area contributed by atoms with E-state index in [0.29, 0.717) is 12.2 Å². The first-order valence-corrected chi connectivity index (χ1v) is 7.46. The molecule has 0 radical (unpaired) electrons. The first-order chi connectivity index (χ1) is 11.2. The van der Waals surface area contributed by atoms with Crippen LogP contribution in [0, 0.1) is 0 Å². The Labute approximate surface area is 138 Å². The molecule has 2 heterocycles. The van der Waals surface area contributed by atoms with Crippen LogP contribution in [0.1, 0.15) is 25.7 Å². The van der Waals surface area contributed by atoms with Crippen molar-refractivity contribution in [3.63, 3.8) is 0 Å². The van der Waals surface area contributed by atoms with Gasteiger partial charge in [-0.25, -0.2) is 9.59 Å². The van der Waals surface area contributed by atoms with E-state index in [9.17, 15) is 29.4 Å². The van der Waals surface area contributed by atoms with Gasteiger partial charge in [-0.1, -0.05) is 0 Å². The molecule has 0 aromatic carbocycles. The monoisotopic (exact) mass is 346 g/mol. The normalized spacial score (nSPS) is 22.0. The first kappa shape index (κ1) is 21.5. The fourth-order valence-corrected chi connectivity index (χ4v) is 2.12. The number of carboxylic acid groups (broad SMARTS) is 4. The molecule has 2 fully saturated rings. The number of quaternary nitrogens is 2. The summed E-state index contributed by atoms with van der Waals surface area (Å²) in [6.45, 7) is 1.89. The Hall–Kier alpha value is -2.46. The van der Waals surface area contributed by atoms with Gasteiger partial charge in [-0.3, -0.25) is 0 Å². The topological polar surface area (TPSA) is 188 Å². The SMILES string of the molecule is O=C(O)/C=C/C(=O)O.O=C([O-])[C@@H]1CCC[NH2+]1.O=C([O-])[C@@H]1CCC[NH2+]1. The molecular formula is C14H22N2O8. The molecule has 10 heteroatoms. The lowest BCUT2D eigenvalue weighted by Gasteiger charge is -2.05. The lowest BCUT2D eigenvalue weighted by molar-refractivity contribution is -0.664. The third-order valence-electron chi connectivity index (χ3n) is 3.31. The van der Waals surface area contributed by atoms with Crippen LogP contribution in [-0.4, -0.2) is 59.3 Å². The lowest BCUT2D eigenvalue weighted by atomic mass is 10.2. The highest BCUT2D eigenvalue weighted by Gasteiger charge is 2.18. The predicted octanol–water partition coefficient (Wildman–Crippen LogP) is -5.36. The molecule has 136 valence electrons. The van der Waals surface area contributed by atoms with Gasteiger partial charge in [-0.15, -0.1) is 0 Å². The fraction of sp³-hybridized carbons (Fsp3) is 0.571. The van der Waals surface area contributed by atoms with Crippen molar-refractivity contribution >= 4 is 23.9 Å². The van der Waals surface area contributed by atoms with Gasteiger partial charge in [0.1, 0.15) is 12.1 Å². The summed E-state index contributed by atoms with van der Waals surface area (Å²) in [6.07, 6.45) is 4.70. The van der Waals surface area contributed by atoms with Gasteiger partial charge < -0.3 is 40.6 Å². The quantitative estimate of drug-likeness (QED) is 0.363. The van der Waals surface area contributed by atoms with Crippen LogP contribution in [0.2, 0.25) is 0 Å². The van der Waals surface area contributed by atoms with Gasteiger partial charge in [0.2, 0.25) is 0 Å². The van der Waals surface area contributed by atoms with E-state index < -0.39 is 23.9 Å². The Balaban J connectivity index is 0.000000331. The highest BCUT2D eigenvalue weighted by atomic mass is 16.4. The molecule has 2 saturated heterocycles. The van der Waals surface area contributed by atoms with Gasteiger partial charge in [0.25, 0.3) is 0 Å². The molecule has 6 N–H and O–H groups in total. The molecular weight excluding hydrogens is 324 g/mol. The highest BCUT2D eigenvalue weighted by molar-refractivity contribution is 5.89. The van der Waals surface area contributed by atoms with E-state index in [0.717, 1.165) is 38.8 Å². The molecule has 2 aliphatic rings. The second kappa shape index (κ2) is 12.0. The maximum atomic E-state index is 10.1. The third-order valence-corrected chi connectivity index (χ3v) is 3.31. The van der Waals surface area contributed by atoms with Gasteiger partial charge in [0.15, 0.2) is 0 Å². The largest absolute Gasteiger partial charge is 0.544 e. The predicted molar refractivity (Wildman–Crippen MR) is 74.1 cm³/mol. The summed E-state index contributed by atoms with van der Waals surface area (Å²) in [5.74, 6) is -4.34. The van der Waals surface area contributed by atoms with E-state index >= 15 is 0 Å². The van der Waals surface area contributed by atoms with Crippen LogP contribution in [0.25, 0.3) is 0 Å². The molecule has 24 heavy (non-hydrogen) atoms. The molecule has 0 unspecified atom stereocenters. The molecule has 0 aromatic heterocycles. The van der Waals surface area contributed by atoms with Crippen molar-refractivity contribution in [2.75, 3.05) is 13.1 Å². The average Bonchev–Trinajstić information content (AvgIpc) is 3.19. The van der Waals surface area contributed by atoms with Crippen LogP contribution in [-0.2, 0) is 19.2 Å². The smallest absolute Gasteiger partial charge is 0.328 e. The van der Waals surface area contributed by atoms with Crippen LogP contribution in [0.5, 0.6) is 0 Å². The van der Waals surface area contributed by atoms with Crippen LogP contribution >= 0.6 is 0 Å². The number of carboxylic acids is 4. The molecule has 0 bridgehead atoms. The number of nitrogens with two attached hydrogens (primary N) is 2.